The average molecular weight is 556 g/mol. The summed E-state index contributed by atoms with van der Waals surface area (Å²) in [6.45, 7) is 7.38. The number of nitrogens with one attached hydrogen (secondary N) is 1. The fourth-order valence-electron chi connectivity index (χ4n) is 4.32. The van der Waals surface area contributed by atoms with Crippen molar-refractivity contribution in [1.29, 1.82) is 0 Å². The van der Waals surface area contributed by atoms with Gasteiger partial charge in [-0.25, -0.2) is 8.42 Å². The summed E-state index contributed by atoms with van der Waals surface area (Å²) in [4.78, 5) is 28.5. The molecule has 0 unspecified atom stereocenters. The van der Waals surface area contributed by atoms with Gasteiger partial charge >= 0.3 is 0 Å². The van der Waals surface area contributed by atoms with Crippen molar-refractivity contribution in [3.8, 4) is 0 Å². The van der Waals surface area contributed by atoms with Crippen LogP contribution in [0.5, 0.6) is 0 Å². The number of carbonyl (C=O) groups excluding carboxylic acids is 2. The standard InChI is InChI=1S/C29H34ClN3O4S/c1-5-26(29(35)31-6-2)32(19-23-13-10-12-21(3)18-23)28(34)20-33(27-17-11-16-25(30)22(27)4)38(36,37)24-14-8-7-9-15-24/h7-18,26H,5-6,19-20H2,1-4H3,(H,31,35)/t26-/m0/s1. The van der Waals surface area contributed by atoms with Gasteiger partial charge in [-0.05, 0) is 62.6 Å². The summed E-state index contributed by atoms with van der Waals surface area (Å²) in [7, 11) is -4.14. The lowest BCUT2D eigenvalue weighted by Gasteiger charge is -2.33. The van der Waals surface area contributed by atoms with Crippen molar-refractivity contribution in [2.45, 2.75) is 51.6 Å². The van der Waals surface area contributed by atoms with Crippen molar-refractivity contribution >= 4 is 39.1 Å². The van der Waals surface area contributed by atoms with Gasteiger partial charge in [-0.3, -0.25) is 13.9 Å². The molecule has 3 aromatic carbocycles. The van der Waals surface area contributed by atoms with Crippen LogP contribution in [0, 0.1) is 13.8 Å². The number of likely N-dealkylation sites (N-methyl/N-ethyl adjacent to an activating group) is 1. The van der Waals surface area contributed by atoms with Gasteiger partial charge in [0.1, 0.15) is 12.6 Å². The third-order valence-electron chi connectivity index (χ3n) is 6.29. The van der Waals surface area contributed by atoms with Crippen molar-refractivity contribution < 1.29 is 18.0 Å². The number of benzene rings is 3. The van der Waals surface area contributed by atoms with Gasteiger partial charge < -0.3 is 10.2 Å². The Balaban J connectivity index is 2.10. The molecular weight excluding hydrogens is 522 g/mol. The van der Waals surface area contributed by atoms with E-state index < -0.39 is 28.5 Å². The van der Waals surface area contributed by atoms with Gasteiger partial charge in [0, 0.05) is 18.1 Å². The molecule has 0 fully saturated rings. The van der Waals surface area contributed by atoms with E-state index in [1.54, 1.807) is 43.3 Å². The lowest BCUT2D eigenvalue weighted by molar-refractivity contribution is -0.140. The van der Waals surface area contributed by atoms with Gasteiger partial charge in [-0.1, -0.05) is 72.6 Å². The predicted octanol–water partition coefficient (Wildman–Crippen LogP) is 5.10. The first kappa shape index (κ1) is 29.2. The highest BCUT2D eigenvalue weighted by Crippen LogP contribution is 2.31. The molecule has 0 aliphatic carbocycles. The highest BCUT2D eigenvalue weighted by molar-refractivity contribution is 7.92. The third-order valence-corrected chi connectivity index (χ3v) is 8.47. The van der Waals surface area contributed by atoms with E-state index in [4.69, 9.17) is 11.6 Å². The molecule has 38 heavy (non-hydrogen) atoms. The van der Waals surface area contributed by atoms with Gasteiger partial charge in [0.15, 0.2) is 0 Å². The number of halogens is 1. The van der Waals surface area contributed by atoms with E-state index in [2.05, 4.69) is 5.32 Å². The van der Waals surface area contributed by atoms with E-state index in [1.165, 1.54) is 17.0 Å². The molecule has 2 amide bonds. The maximum atomic E-state index is 14.0. The van der Waals surface area contributed by atoms with E-state index in [1.807, 2.05) is 45.0 Å². The van der Waals surface area contributed by atoms with Gasteiger partial charge in [0.25, 0.3) is 10.0 Å². The average Bonchev–Trinajstić information content (AvgIpc) is 2.89. The molecule has 1 N–H and O–H groups in total. The summed E-state index contributed by atoms with van der Waals surface area (Å²) in [6.07, 6.45) is 0.366. The van der Waals surface area contributed by atoms with Crippen LogP contribution in [0.2, 0.25) is 5.02 Å². The van der Waals surface area contributed by atoms with Crippen LogP contribution in [0.4, 0.5) is 5.69 Å². The maximum absolute atomic E-state index is 14.0. The zero-order valence-corrected chi connectivity index (χ0v) is 23.7. The monoisotopic (exact) mass is 555 g/mol. The largest absolute Gasteiger partial charge is 0.355 e. The topological polar surface area (TPSA) is 86.8 Å². The predicted molar refractivity (Wildman–Crippen MR) is 152 cm³/mol. The van der Waals surface area contributed by atoms with E-state index in [0.717, 1.165) is 15.4 Å². The van der Waals surface area contributed by atoms with Crippen LogP contribution in [0.25, 0.3) is 0 Å². The molecule has 3 aromatic rings. The molecule has 0 spiro atoms. The van der Waals surface area contributed by atoms with E-state index in [-0.39, 0.29) is 17.3 Å². The fourth-order valence-corrected chi connectivity index (χ4v) is 5.98. The molecule has 0 aromatic heterocycles. The first-order valence-electron chi connectivity index (χ1n) is 12.6. The van der Waals surface area contributed by atoms with Gasteiger partial charge in [0.2, 0.25) is 11.8 Å². The summed E-state index contributed by atoms with van der Waals surface area (Å²) in [6, 6.07) is 19.8. The highest BCUT2D eigenvalue weighted by Gasteiger charge is 2.34. The Bertz CT molecular complexity index is 1380. The number of sulfonamides is 1. The molecule has 3 rings (SSSR count). The zero-order chi connectivity index (χ0) is 27.9. The molecule has 0 saturated heterocycles. The molecule has 0 heterocycles. The summed E-state index contributed by atoms with van der Waals surface area (Å²) in [5, 5.41) is 3.19. The lowest BCUT2D eigenvalue weighted by Crippen LogP contribution is -2.52. The van der Waals surface area contributed by atoms with Gasteiger partial charge in [-0.2, -0.15) is 0 Å². The summed E-state index contributed by atoms with van der Waals surface area (Å²) >= 11 is 6.35. The highest BCUT2D eigenvalue weighted by atomic mass is 35.5. The molecule has 0 aliphatic heterocycles. The maximum Gasteiger partial charge on any atom is 0.264 e. The van der Waals surface area contributed by atoms with E-state index >= 15 is 0 Å². The van der Waals surface area contributed by atoms with Crippen molar-refractivity contribution in [1.82, 2.24) is 10.2 Å². The van der Waals surface area contributed by atoms with Crippen LogP contribution >= 0.6 is 11.6 Å². The molecule has 0 bridgehead atoms. The Morgan fingerprint density at radius 1 is 0.947 bits per heavy atom. The Morgan fingerprint density at radius 2 is 1.63 bits per heavy atom. The van der Waals surface area contributed by atoms with Crippen molar-refractivity contribution in [3.05, 3.63) is 94.5 Å². The van der Waals surface area contributed by atoms with Crippen molar-refractivity contribution in [2.24, 2.45) is 0 Å². The first-order chi connectivity index (χ1) is 18.1. The Morgan fingerprint density at radius 3 is 2.26 bits per heavy atom. The van der Waals surface area contributed by atoms with Crippen LogP contribution < -0.4 is 9.62 Å². The van der Waals surface area contributed by atoms with Gasteiger partial charge in [-0.15, -0.1) is 0 Å². The minimum atomic E-state index is -4.14. The molecule has 0 radical (unpaired) electrons. The molecule has 9 heteroatoms. The second kappa shape index (κ2) is 12.9. The lowest BCUT2D eigenvalue weighted by atomic mass is 10.1. The molecular formula is C29H34ClN3O4S. The van der Waals surface area contributed by atoms with Crippen molar-refractivity contribution in [2.75, 3.05) is 17.4 Å². The quantitative estimate of drug-likeness (QED) is 0.357. The number of hydrogen-bond acceptors (Lipinski definition) is 4. The molecule has 0 saturated carbocycles. The van der Waals surface area contributed by atoms with E-state index in [0.29, 0.717) is 29.2 Å². The van der Waals surface area contributed by atoms with Crippen LogP contribution in [-0.2, 0) is 26.2 Å². The Kier molecular flexibility index (Phi) is 9.94. The van der Waals surface area contributed by atoms with Crippen LogP contribution in [0.3, 0.4) is 0 Å². The number of aryl methyl sites for hydroxylation is 1. The first-order valence-corrected chi connectivity index (χ1v) is 14.4. The second-order valence-corrected chi connectivity index (χ2v) is 11.3. The number of rotatable bonds is 11. The van der Waals surface area contributed by atoms with Crippen molar-refractivity contribution in [3.63, 3.8) is 0 Å². The number of carbonyl (C=O) groups is 2. The molecule has 202 valence electrons. The van der Waals surface area contributed by atoms with Crippen LogP contribution in [0.1, 0.15) is 37.0 Å². The molecule has 1 atom stereocenters. The molecule has 0 aliphatic rings. The number of hydrogen-bond donors (Lipinski definition) is 1. The van der Waals surface area contributed by atoms with Crippen LogP contribution in [0.15, 0.2) is 77.7 Å². The fraction of sp³-hybridized carbons (Fsp3) is 0.310. The summed E-state index contributed by atoms with van der Waals surface area (Å²) in [5.74, 6) is -0.782. The van der Waals surface area contributed by atoms with E-state index in [9.17, 15) is 18.0 Å². The zero-order valence-electron chi connectivity index (χ0n) is 22.1. The SMILES string of the molecule is CCNC(=O)[C@H](CC)N(Cc1cccc(C)c1)C(=O)CN(c1cccc(Cl)c1C)S(=O)(=O)c1ccccc1. The smallest absolute Gasteiger partial charge is 0.264 e. The molecule has 7 nitrogen and oxygen atoms in total. The van der Waals surface area contributed by atoms with Gasteiger partial charge in [0.05, 0.1) is 10.6 Å². The van der Waals surface area contributed by atoms with Crippen LogP contribution in [-0.4, -0.2) is 44.3 Å². The normalized spacial score (nSPS) is 12.0. The minimum Gasteiger partial charge on any atom is -0.355 e. The number of nitrogens with zero attached hydrogens (tertiary/aromatic N) is 2. The summed E-state index contributed by atoms with van der Waals surface area (Å²) < 4.78 is 28.8. The summed E-state index contributed by atoms with van der Waals surface area (Å²) in [5.41, 5.74) is 2.69. The Hall–Kier alpha value is -3.36. The minimum absolute atomic E-state index is 0.0492. The number of amides is 2. The second-order valence-electron chi connectivity index (χ2n) is 9.04. The number of anilines is 1. The third kappa shape index (κ3) is 6.74. The Labute approximate surface area is 230 Å².